The van der Waals surface area contributed by atoms with E-state index in [1.165, 1.54) is 11.0 Å². The Balaban J connectivity index is 0.00000176. The molecule has 0 bridgehead atoms. The van der Waals surface area contributed by atoms with Crippen molar-refractivity contribution in [3.8, 4) is 5.75 Å². The van der Waals surface area contributed by atoms with Gasteiger partial charge in [0.15, 0.2) is 0 Å². The van der Waals surface area contributed by atoms with Gasteiger partial charge in [0.2, 0.25) is 0 Å². The van der Waals surface area contributed by atoms with Crippen LogP contribution < -0.4 is 10.5 Å². The molecule has 1 aliphatic heterocycles. The number of nitrogens with zero attached hydrogens (tertiary/aromatic N) is 1. The van der Waals surface area contributed by atoms with E-state index in [2.05, 4.69) is 0 Å². The molecule has 0 aromatic heterocycles. The lowest BCUT2D eigenvalue weighted by molar-refractivity contribution is 0.0642. The van der Waals surface area contributed by atoms with Crippen molar-refractivity contribution < 1.29 is 18.7 Å². The normalized spacial score (nSPS) is 17.4. The average Bonchev–Trinajstić information content (AvgIpc) is 3.29. The smallest absolute Gasteiger partial charge is 0.261 e. The molecule has 1 heterocycles. The van der Waals surface area contributed by atoms with Gasteiger partial charge in [0.05, 0.1) is 17.5 Å². The summed E-state index contributed by atoms with van der Waals surface area (Å²) in [6, 6.07) is 4.76. The molecule has 1 aromatic rings. The summed E-state index contributed by atoms with van der Waals surface area (Å²) in [7, 11) is 0. The summed E-state index contributed by atoms with van der Waals surface area (Å²) in [6.45, 7) is 0.0780. The summed E-state index contributed by atoms with van der Waals surface area (Å²) < 4.78 is 17.8. The molecule has 0 saturated heterocycles. The van der Waals surface area contributed by atoms with Gasteiger partial charge in [-0.05, 0) is 31.0 Å². The predicted molar refractivity (Wildman–Crippen MR) is 81.0 cm³/mol. The van der Waals surface area contributed by atoms with Crippen molar-refractivity contribution in [1.29, 1.82) is 0 Å². The van der Waals surface area contributed by atoms with Crippen LogP contribution >= 0.6 is 12.4 Å². The van der Waals surface area contributed by atoms with Crippen LogP contribution in [0.15, 0.2) is 30.1 Å². The minimum Gasteiger partial charge on any atom is -0.489 e. The van der Waals surface area contributed by atoms with Gasteiger partial charge in [-0.1, -0.05) is 0 Å². The number of benzene rings is 1. The maximum Gasteiger partial charge on any atom is 0.261 e. The molecule has 22 heavy (non-hydrogen) atoms. The molecule has 7 heteroatoms. The van der Waals surface area contributed by atoms with E-state index in [0.717, 1.165) is 12.8 Å². The molecule has 5 nitrogen and oxygen atoms in total. The van der Waals surface area contributed by atoms with Gasteiger partial charge in [-0.15, -0.1) is 12.4 Å². The minimum atomic E-state index is -0.275. The molecular weight excluding hydrogens is 311 g/mol. The van der Waals surface area contributed by atoms with Gasteiger partial charge in [0, 0.05) is 18.2 Å². The Labute approximate surface area is 133 Å². The lowest BCUT2D eigenvalue weighted by Gasteiger charge is -2.11. The van der Waals surface area contributed by atoms with E-state index in [4.69, 9.17) is 10.5 Å². The number of hydrogen-bond acceptors (Lipinski definition) is 4. The summed E-state index contributed by atoms with van der Waals surface area (Å²) in [6.07, 6.45) is 2.16. The van der Waals surface area contributed by atoms with Gasteiger partial charge in [-0.25, -0.2) is 4.39 Å². The Hall–Kier alpha value is -1.92. The maximum atomic E-state index is 12.4. The molecule has 2 amide bonds. The van der Waals surface area contributed by atoms with Crippen LogP contribution in [0.25, 0.3) is 0 Å². The highest BCUT2D eigenvalue weighted by Crippen LogP contribution is 2.35. The lowest BCUT2D eigenvalue weighted by Crippen LogP contribution is -2.31. The van der Waals surface area contributed by atoms with Crippen LogP contribution in [0.4, 0.5) is 4.39 Å². The van der Waals surface area contributed by atoms with Crippen LogP contribution in [0.2, 0.25) is 0 Å². The first-order chi connectivity index (χ1) is 10.2. The molecule has 0 atom stereocenters. The number of halogens is 2. The summed E-state index contributed by atoms with van der Waals surface area (Å²) in [5.41, 5.74) is 6.41. The molecule has 1 fully saturated rings. The molecule has 1 saturated carbocycles. The Bertz CT molecular complexity index is 644. The van der Waals surface area contributed by atoms with Gasteiger partial charge >= 0.3 is 0 Å². The van der Waals surface area contributed by atoms with E-state index >= 15 is 0 Å². The zero-order chi connectivity index (χ0) is 15.0. The molecule has 3 rings (SSSR count). The van der Waals surface area contributed by atoms with Gasteiger partial charge in [-0.2, -0.15) is 0 Å². The molecule has 118 valence electrons. The predicted octanol–water partition coefficient (Wildman–Crippen LogP) is 2.06. The fourth-order valence-electron chi connectivity index (χ4n) is 2.30. The largest absolute Gasteiger partial charge is 0.489 e. The van der Waals surface area contributed by atoms with E-state index in [-0.39, 0.29) is 43.4 Å². The van der Waals surface area contributed by atoms with E-state index in [1.54, 1.807) is 12.1 Å². The highest BCUT2D eigenvalue weighted by atomic mass is 35.5. The first-order valence-corrected chi connectivity index (χ1v) is 6.78. The van der Waals surface area contributed by atoms with Gasteiger partial charge < -0.3 is 10.5 Å². The van der Waals surface area contributed by atoms with Gasteiger partial charge in [0.1, 0.15) is 12.4 Å². The molecule has 2 aliphatic rings. The Kier molecular flexibility index (Phi) is 4.83. The molecule has 0 radical (unpaired) electrons. The van der Waals surface area contributed by atoms with Gasteiger partial charge in [0.25, 0.3) is 11.8 Å². The number of carbonyl (C=O) groups excluding carboxylic acids is 2. The fourth-order valence-corrected chi connectivity index (χ4v) is 2.30. The molecule has 1 aliphatic carbocycles. The maximum absolute atomic E-state index is 12.4. The van der Waals surface area contributed by atoms with E-state index in [9.17, 15) is 14.0 Å². The number of imide groups is 1. The Morgan fingerprint density at radius 3 is 2.59 bits per heavy atom. The SMILES string of the molecule is Cl.NC/C(=C\F)COc1ccc2c(c1)C(=O)N(C1CC1)C2=O. The van der Waals surface area contributed by atoms with Crippen LogP contribution in [-0.4, -0.2) is 35.9 Å². The monoisotopic (exact) mass is 326 g/mol. The number of rotatable bonds is 5. The minimum absolute atomic E-state index is 0. The third-order valence-corrected chi connectivity index (χ3v) is 3.64. The second-order valence-electron chi connectivity index (χ2n) is 5.18. The number of ether oxygens (including phenoxy) is 1. The number of carbonyl (C=O) groups is 2. The number of hydrogen-bond donors (Lipinski definition) is 1. The molecule has 0 spiro atoms. The zero-order valence-corrected chi connectivity index (χ0v) is 12.6. The number of nitrogens with two attached hydrogens (primary N) is 1. The third kappa shape index (κ3) is 2.84. The van der Waals surface area contributed by atoms with Crippen molar-refractivity contribution in [2.45, 2.75) is 18.9 Å². The van der Waals surface area contributed by atoms with E-state index in [1.807, 2.05) is 0 Å². The van der Waals surface area contributed by atoms with Crippen molar-refractivity contribution in [3.63, 3.8) is 0 Å². The fraction of sp³-hybridized carbons (Fsp3) is 0.333. The van der Waals surface area contributed by atoms with E-state index in [0.29, 0.717) is 28.8 Å². The highest BCUT2D eigenvalue weighted by Gasteiger charge is 2.44. The topological polar surface area (TPSA) is 72.6 Å². The number of fused-ring (bicyclic) bond motifs is 1. The Morgan fingerprint density at radius 2 is 2.00 bits per heavy atom. The second-order valence-corrected chi connectivity index (χ2v) is 5.18. The van der Waals surface area contributed by atoms with Crippen molar-refractivity contribution in [2.75, 3.05) is 13.2 Å². The highest BCUT2D eigenvalue weighted by molar-refractivity contribution is 6.21. The molecule has 0 unspecified atom stereocenters. The van der Waals surface area contributed by atoms with Crippen LogP contribution in [-0.2, 0) is 0 Å². The van der Waals surface area contributed by atoms with Crippen LogP contribution in [0.1, 0.15) is 33.6 Å². The van der Waals surface area contributed by atoms with E-state index < -0.39 is 0 Å². The first kappa shape index (κ1) is 16.5. The number of amides is 2. The second kappa shape index (κ2) is 6.46. The Morgan fingerprint density at radius 1 is 1.32 bits per heavy atom. The summed E-state index contributed by atoms with van der Waals surface area (Å²) in [4.78, 5) is 25.7. The molecular formula is C15H16ClFN2O3. The van der Waals surface area contributed by atoms with Crippen molar-refractivity contribution in [2.24, 2.45) is 5.73 Å². The van der Waals surface area contributed by atoms with Crippen LogP contribution in [0, 0.1) is 0 Å². The average molecular weight is 327 g/mol. The van der Waals surface area contributed by atoms with Crippen molar-refractivity contribution in [1.82, 2.24) is 4.90 Å². The molecule has 2 N–H and O–H groups in total. The van der Waals surface area contributed by atoms with Gasteiger partial charge in [-0.3, -0.25) is 14.5 Å². The summed E-state index contributed by atoms with van der Waals surface area (Å²) >= 11 is 0. The zero-order valence-electron chi connectivity index (χ0n) is 11.8. The summed E-state index contributed by atoms with van der Waals surface area (Å²) in [5, 5.41) is 0. The van der Waals surface area contributed by atoms with Crippen molar-refractivity contribution in [3.05, 3.63) is 41.2 Å². The standard InChI is InChI=1S/C15H15FN2O3.ClH/c16-6-9(7-17)8-21-11-3-4-12-13(5-11)15(20)18(14(12)19)10-1-2-10;/h3-6,10H,1-2,7-8,17H2;1H/b9-6+;. The quantitative estimate of drug-likeness (QED) is 0.841. The summed E-state index contributed by atoms with van der Waals surface area (Å²) in [5.74, 6) is -0.0984. The lowest BCUT2D eigenvalue weighted by atomic mass is 10.1. The first-order valence-electron chi connectivity index (χ1n) is 6.78. The van der Waals surface area contributed by atoms with Crippen LogP contribution in [0.5, 0.6) is 5.75 Å². The van der Waals surface area contributed by atoms with Crippen molar-refractivity contribution >= 4 is 24.2 Å². The molecule has 1 aromatic carbocycles. The van der Waals surface area contributed by atoms with Crippen LogP contribution in [0.3, 0.4) is 0 Å². The third-order valence-electron chi connectivity index (χ3n) is 3.64.